The van der Waals surface area contributed by atoms with E-state index in [0.717, 1.165) is 37.1 Å². The number of rotatable bonds is 7. The van der Waals surface area contributed by atoms with Gasteiger partial charge in [0.25, 0.3) is 0 Å². The van der Waals surface area contributed by atoms with E-state index in [9.17, 15) is 9.59 Å². The van der Waals surface area contributed by atoms with Gasteiger partial charge in [-0.05, 0) is 43.9 Å². The first-order chi connectivity index (χ1) is 12.6. The third kappa shape index (κ3) is 3.19. The molecule has 2 aliphatic rings. The summed E-state index contributed by atoms with van der Waals surface area (Å²) >= 11 is 0. The lowest BCUT2D eigenvalue weighted by molar-refractivity contribution is -0.137. The van der Waals surface area contributed by atoms with Crippen LogP contribution >= 0.6 is 0 Å². The number of ether oxygens (including phenoxy) is 1. The van der Waals surface area contributed by atoms with Gasteiger partial charge in [-0.3, -0.25) is 9.59 Å². The molecule has 2 fully saturated rings. The van der Waals surface area contributed by atoms with Crippen molar-refractivity contribution in [3.63, 3.8) is 0 Å². The monoisotopic (exact) mass is 358 g/mol. The molecule has 2 heterocycles. The van der Waals surface area contributed by atoms with E-state index >= 15 is 0 Å². The van der Waals surface area contributed by atoms with Crippen molar-refractivity contribution in [2.45, 2.75) is 57.4 Å². The van der Waals surface area contributed by atoms with Crippen molar-refractivity contribution in [3.8, 4) is 5.75 Å². The molecule has 0 spiro atoms. The number of hydrogen-bond acceptors (Lipinski definition) is 3. The summed E-state index contributed by atoms with van der Waals surface area (Å²) in [6.45, 7) is 6.14. The number of carbonyl (C=O) groups excluding carboxylic acids is 2. The Labute approximate surface area is 156 Å². The van der Waals surface area contributed by atoms with Crippen LogP contribution in [0.3, 0.4) is 0 Å². The zero-order valence-electron chi connectivity index (χ0n) is 16.2. The molecule has 2 aliphatic heterocycles. The molecular formula is C21H30N2O3. The summed E-state index contributed by atoms with van der Waals surface area (Å²) in [5.74, 6) is 1.10. The zero-order chi connectivity index (χ0) is 18.7. The second-order valence-electron chi connectivity index (χ2n) is 7.47. The summed E-state index contributed by atoms with van der Waals surface area (Å²) in [6, 6.07) is 8.01. The summed E-state index contributed by atoms with van der Waals surface area (Å²) in [6.07, 6.45) is 4.25. The van der Waals surface area contributed by atoms with Gasteiger partial charge in [0, 0.05) is 32.1 Å². The summed E-state index contributed by atoms with van der Waals surface area (Å²) in [4.78, 5) is 29.9. The largest absolute Gasteiger partial charge is 0.497 e. The number of methoxy groups -OCH3 is 1. The minimum Gasteiger partial charge on any atom is -0.497 e. The normalized spacial score (nSPS) is 24.7. The third-order valence-electron chi connectivity index (χ3n) is 5.96. The molecule has 0 aromatic heterocycles. The molecule has 2 atom stereocenters. The molecule has 1 aromatic rings. The van der Waals surface area contributed by atoms with E-state index in [1.807, 2.05) is 41.0 Å². The number of carbonyl (C=O) groups is 2. The highest BCUT2D eigenvalue weighted by Crippen LogP contribution is 2.44. The third-order valence-corrected chi connectivity index (χ3v) is 5.96. The lowest BCUT2D eigenvalue weighted by atomic mass is 9.76. The van der Waals surface area contributed by atoms with Crippen LogP contribution in [0.5, 0.6) is 5.75 Å². The number of benzene rings is 1. The molecule has 5 heteroatoms. The van der Waals surface area contributed by atoms with Gasteiger partial charge < -0.3 is 14.5 Å². The molecule has 5 nitrogen and oxygen atoms in total. The van der Waals surface area contributed by atoms with Gasteiger partial charge in [-0.25, -0.2) is 0 Å². The van der Waals surface area contributed by atoms with Crippen molar-refractivity contribution < 1.29 is 14.3 Å². The van der Waals surface area contributed by atoms with Gasteiger partial charge in [0.15, 0.2) is 0 Å². The zero-order valence-corrected chi connectivity index (χ0v) is 16.2. The second kappa shape index (κ2) is 7.68. The minimum atomic E-state index is -0.654. The van der Waals surface area contributed by atoms with Crippen molar-refractivity contribution in [2.24, 2.45) is 0 Å². The number of likely N-dealkylation sites (N-methyl/N-ethyl adjacent to an activating group) is 1. The lowest BCUT2D eigenvalue weighted by Gasteiger charge is -2.35. The van der Waals surface area contributed by atoms with E-state index in [-0.39, 0.29) is 17.9 Å². The molecule has 2 saturated heterocycles. The highest BCUT2D eigenvalue weighted by molar-refractivity contribution is 5.91. The molecule has 142 valence electrons. The van der Waals surface area contributed by atoms with Crippen molar-refractivity contribution in [1.29, 1.82) is 0 Å². The average Bonchev–Trinajstić information content (AvgIpc) is 3.22. The number of unbranched alkanes of at least 4 members (excludes halogenated alkanes) is 1. The molecular weight excluding hydrogens is 328 g/mol. The summed E-state index contributed by atoms with van der Waals surface area (Å²) in [5.41, 5.74) is 0.318. The fourth-order valence-corrected chi connectivity index (χ4v) is 4.44. The minimum absolute atomic E-state index is 0.156. The van der Waals surface area contributed by atoms with Crippen molar-refractivity contribution in [3.05, 3.63) is 29.8 Å². The van der Waals surface area contributed by atoms with Crippen LogP contribution in [0.25, 0.3) is 0 Å². The predicted octanol–water partition coefficient (Wildman–Crippen LogP) is 2.98. The standard InChI is InChI=1S/C21H30N2O3/c1-4-6-12-22(5-2)20(25)21(16-8-7-9-18(13-16)26-3)14-17-10-11-19(24)23(17)15-21/h7-9,13,17H,4-6,10-12,14-15H2,1-3H3/t17-,21-/m0/s1. The van der Waals surface area contributed by atoms with E-state index in [4.69, 9.17) is 4.74 Å². The van der Waals surface area contributed by atoms with Crippen LogP contribution in [0, 0.1) is 0 Å². The van der Waals surface area contributed by atoms with Gasteiger partial charge >= 0.3 is 0 Å². The molecule has 3 rings (SSSR count). The van der Waals surface area contributed by atoms with Crippen molar-refractivity contribution in [2.75, 3.05) is 26.7 Å². The van der Waals surface area contributed by atoms with E-state index in [1.165, 1.54) is 0 Å². The van der Waals surface area contributed by atoms with Gasteiger partial charge in [-0.15, -0.1) is 0 Å². The summed E-state index contributed by atoms with van der Waals surface area (Å²) < 4.78 is 5.40. The fraction of sp³-hybridized carbons (Fsp3) is 0.619. The van der Waals surface area contributed by atoms with Crippen LogP contribution in [-0.4, -0.2) is 54.4 Å². The number of amides is 2. The molecule has 0 unspecified atom stereocenters. The first kappa shape index (κ1) is 18.7. The molecule has 2 amide bonds. The maximum atomic E-state index is 13.7. The maximum absolute atomic E-state index is 13.7. The molecule has 0 bridgehead atoms. The van der Waals surface area contributed by atoms with Crippen LogP contribution in [0.4, 0.5) is 0 Å². The second-order valence-corrected chi connectivity index (χ2v) is 7.47. The van der Waals surface area contributed by atoms with Crippen LogP contribution in [-0.2, 0) is 15.0 Å². The van der Waals surface area contributed by atoms with E-state index in [1.54, 1.807) is 7.11 Å². The topological polar surface area (TPSA) is 49.9 Å². The Kier molecular flexibility index (Phi) is 5.54. The number of hydrogen-bond donors (Lipinski definition) is 0. The Morgan fingerprint density at radius 3 is 2.85 bits per heavy atom. The number of nitrogens with zero attached hydrogens (tertiary/aromatic N) is 2. The Bertz CT molecular complexity index is 675. The highest BCUT2D eigenvalue weighted by atomic mass is 16.5. The Balaban J connectivity index is 1.99. The van der Waals surface area contributed by atoms with Gasteiger partial charge in [-0.1, -0.05) is 25.5 Å². The number of fused-ring (bicyclic) bond motifs is 1. The lowest BCUT2D eigenvalue weighted by Crippen LogP contribution is -2.49. The van der Waals surface area contributed by atoms with E-state index in [2.05, 4.69) is 6.92 Å². The van der Waals surface area contributed by atoms with Crippen molar-refractivity contribution in [1.82, 2.24) is 9.80 Å². The maximum Gasteiger partial charge on any atom is 0.235 e. The van der Waals surface area contributed by atoms with Gasteiger partial charge in [0.2, 0.25) is 11.8 Å². The Morgan fingerprint density at radius 2 is 2.19 bits per heavy atom. The molecule has 1 aromatic carbocycles. The van der Waals surface area contributed by atoms with Gasteiger partial charge in [0.1, 0.15) is 5.75 Å². The average molecular weight is 358 g/mol. The smallest absolute Gasteiger partial charge is 0.235 e. The Morgan fingerprint density at radius 1 is 1.38 bits per heavy atom. The molecule has 0 N–H and O–H groups in total. The molecule has 0 aliphatic carbocycles. The summed E-state index contributed by atoms with van der Waals surface area (Å²) in [5, 5.41) is 0. The van der Waals surface area contributed by atoms with E-state index < -0.39 is 5.41 Å². The molecule has 26 heavy (non-hydrogen) atoms. The first-order valence-corrected chi connectivity index (χ1v) is 9.79. The van der Waals surface area contributed by atoms with E-state index in [0.29, 0.717) is 25.9 Å². The van der Waals surface area contributed by atoms with Gasteiger partial charge in [-0.2, -0.15) is 0 Å². The van der Waals surface area contributed by atoms with Crippen LogP contribution in [0.2, 0.25) is 0 Å². The van der Waals surface area contributed by atoms with Crippen LogP contribution in [0.1, 0.15) is 51.5 Å². The predicted molar refractivity (Wildman–Crippen MR) is 101 cm³/mol. The summed E-state index contributed by atoms with van der Waals surface area (Å²) in [7, 11) is 1.64. The van der Waals surface area contributed by atoms with Crippen molar-refractivity contribution >= 4 is 11.8 Å². The molecule has 0 radical (unpaired) electrons. The Hall–Kier alpha value is -2.04. The van der Waals surface area contributed by atoms with Gasteiger partial charge in [0.05, 0.1) is 12.5 Å². The van der Waals surface area contributed by atoms with Crippen LogP contribution < -0.4 is 4.74 Å². The first-order valence-electron chi connectivity index (χ1n) is 9.79. The molecule has 0 saturated carbocycles. The highest BCUT2D eigenvalue weighted by Gasteiger charge is 2.54. The fourth-order valence-electron chi connectivity index (χ4n) is 4.44. The SMILES string of the molecule is CCCCN(CC)C(=O)[C@@]1(c2cccc(OC)c2)C[C@@H]2CCC(=O)N2C1. The quantitative estimate of drug-likeness (QED) is 0.753. The van der Waals surface area contributed by atoms with Crippen LogP contribution in [0.15, 0.2) is 24.3 Å².